The first-order valence-corrected chi connectivity index (χ1v) is 9.47. The van der Waals surface area contributed by atoms with Crippen molar-refractivity contribution in [3.8, 4) is 0 Å². The lowest BCUT2D eigenvalue weighted by Gasteiger charge is -2.27. The number of aliphatic imine (C=N–C) groups is 1. The van der Waals surface area contributed by atoms with E-state index in [2.05, 4.69) is 15.6 Å². The molecule has 0 atom stereocenters. The predicted molar refractivity (Wildman–Crippen MR) is 104 cm³/mol. The second-order valence-corrected chi connectivity index (χ2v) is 7.55. The van der Waals surface area contributed by atoms with Crippen molar-refractivity contribution in [3.63, 3.8) is 0 Å². The molecule has 1 saturated heterocycles. The number of guanidine groups is 1. The van der Waals surface area contributed by atoms with Gasteiger partial charge >= 0.3 is 0 Å². The Kier molecular flexibility index (Phi) is 7.26. The molecule has 7 heteroatoms. The van der Waals surface area contributed by atoms with Gasteiger partial charge < -0.3 is 15.5 Å². The summed E-state index contributed by atoms with van der Waals surface area (Å²) < 4.78 is 13.3. The number of likely N-dealkylation sites (tertiary alicyclic amines) is 1. The minimum Gasteiger partial charge on any atom is -0.357 e. The molecule has 2 N–H and O–H groups in total. The van der Waals surface area contributed by atoms with Crippen molar-refractivity contribution >= 4 is 23.5 Å². The van der Waals surface area contributed by atoms with E-state index in [1.807, 2.05) is 25.7 Å². The number of amides is 1. The van der Waals surface area contributed by atoms with E-state index in [9.17, 15) is 9.18 Å². The summed E-state index contributed by atoms with van der Waals surface area (Å²) in [6.45, 7) is 9.05. The van der Waals surface area contributed by atoms with E-state index >= 15 is 0 Å². The summed E-state index contributed by atoms with van der Waals surface area (Å²) >= 11 is 6.20. The smallest absolute Gasteiger partial charge is 0.244 e. The zero-order chi connectivity index (χ0) is 19.2. The summed E-state index contributed by atoms with van der Waals surface area (Å²) in [5, 5.41) is 6.82. The van der Waals surface area contributed by atoms with Gasteiger partial charge in [0, 0.05) is 36.6 Å². The first-order valence-electron chi connectivity index (χ1n) is 9.09. The van der Waals surface area contributed by atoms with Gasteiger partial charge in [-0.3, -0.25) is 4.79 Å². The Labute approximate surface area is 160 Å². The van der Waals surface area contributed by atoms with Gasteiger partial charge in [0.05, 0.1) is 0 Å². The van der Waals surface area contributed by atoms with Crippen LogP contribution < -0.4 is 10.6 Å². The largest absolute Gasteiger partial charge is 0.357 e. The number of hydrogen-bond acceptors (Lipinski definition) is 2. The minimum atomic E-state index is -0.349. The molecule has 0 aliphatic carbocycles. The predicted octanol–water partition coefficient (Wildman–Crippen LogP) is 2.93. The normalized spacial score (nSPS) is 15.3. The van der Waals surface area contributed by atoms with Gasteiger partial charge in [-0.25, -0.2) is 9.38 Å². The zero-order valence-corrected chi connectivity index (χ0v) is 16.5. The van der Waals surface area contributed by atoms with E-state index in [4.69, 9.17) is 11.6 Å². The van der Waals surface area contributed by atoms with E-state index in [0.717, 1.165) is 31.5 Å². The number of carbonyl (C=O) groups is 1. The summed E-state index contributed by atoms with van der Waals surface area (Å²) in [4.78, 5) is 18.4. The molecule has 5 nitrogen and oxygen atoms in total. The number of nitrogens with zero attached hydrogens (tertiary/aromatic N) is 2. The third-order valence-corrected chi connectivity index (χ3v) is 4.85. The Morgan fingerprint density at radius 1 is 1.31 bits per heavy atom. The number of benzene rings is 1. The first kappa shape index (κ1) is 20.5. The molecule has 144 valence electrons. The van der Waals surface area contributed by atoms with Crippen LogP contribution >= 0.6 is 11.6 Å². The number of halogens is 2. The molecule has 0 spiro atoms. The van der Waals surface area contributed by atoms with Crippen LogP contribution in [0.25, 0.3) is 0 Å². The van der Waals surface area contributed by atoms with Gasteiger partial charge in [-0.1, -0.05) is 31.5 Å². The van der Waals surface area contributed by atoms with Gasteiger partial charge in [0.2, 0.25) is 5.91 Å². The first-order chi connectivity index (χ1) is 12.3. The summed E-state index contributed by atoms with van der Waals surface area (Å²) in [7, 11) is 0. The van der Waals surface area contributed by atoms with Crippen LogP contribution in [0.15, 0.2) is 23.2 Å². The number of hydrogen-bond donors (Lipinski definition) is 2. The average molecular weight is 383 g/mol. The summed E-state index contributed by atoms with van der Waals surface area (Å²) in [6, 6.07) is 4.45. The van der Waals surface area contributed by atoms with Crippen molar-refractivity contribution in [1.82, 2.24) is 15.5 Å². The van der Waals surface area contributed by atoms with E-state index in [1.165, 1.54) is 12.1 Å². The number of carbonyl (C=O) groups excluding carboxylic acids is 1. The highest BCUT2D eigenvalue weighted by atomic mass is 35.5. The van der Waals surface area contributed by atoms with Crippen molar-refractivity contribution in [2.24, 2.45) is 4.99 Å². The molecular weight excluding hydrogens is 355 g/mol. The SMILES string of the molecule is CCNC(=NCC(=O)N1CCCC1)NCC(C)(C)c1ccc(F)cc1Cl. The van der Waals surface area contributed by atoms with Crippen molar-refractivity contribution in [3.05, 3.63) is 34.6 Å². The molecule has 1 aromatic carbocycles. The Balaban J connectivity index is 1.99. The van der Waals surface area contributed by atoms with Crippen LogP contribution in [0.4, 0.5) is 4.39 Å². The maximum atomic E-state index is 13.3. The molecule has 1 aromatic rings. The van der Waals surface area contributed by atoms with Crippen molar-refractivity contribution < 1.29 is 9.18 Å². The van der Waals surface area contributed by atoms with Crippen LogP contribution in [-0.4, -0.2) is 49.5 Å². The topological polar surface area (TPSA) is 56.7 Å². The molecule has 0 bridgehead atoms. The van der Waals surface area contributed by atoms with Gasteiger partial charge in [0.1, 0.15) is 12.4 Å². The fourth-order valence-corrected chi connectivity index (χ4v) is 3.42. The van der Waals surface area contributed by atoms with Crippen LogP contribution in [0.2, 0.25) is 5.02 Å². The molecule has 0 radical (unpaired) electrons. The lowest BCUT2D eigenvalue weighted by atomic mass is 9.84. The van der Waals surface area contributed by atoms with E-state index < -0.39 is 0 Å². The van der Waals surface area contributed by atoms with Crippen LogP contribution in [0, 0.1) is 5.82 Å². The van der Waals surface area contributed by atoms with E-state index in [-0.39, 0.29) is 23.7 Å². The molecule has 0 unspecified atom stereocenters. The molecule has 1 aliphatic heterocycles. The molecule has 1 aliphatic rings. The molecule has 1 amide bonds. The Morgan fingerprint density at radius 3 is 2.62 bits per heavy atom. The Hall–Kier alpha value is -1.82. The van der Waals surface area contributed by atoms with Crippen LogP contribution in [0.5, 0.6) is 0 Å². The molecule has 1 fully saturated rings. The van der Waals surface area contributed by atoms with Gasteiger partial charge in [-0.15, -0.1) is 0 Å². The van der Waals surface area contributed by atoms with Crippen molar-refractivity contribution in [1.29, 1.82) is 0 Å². The maximum Gasteiger partial charge on any atom is 0.244 e. The van der Waals surface area contributed by atoms with E-state index in [1.54, 1.807) is 6.07 Å². The van der Waals surface area contributed by atoms with Gasteiger partial charge in [0.15, 0.2) is 5.96 Å². The minimum absolute atomic E-state index is 0.0561. The second-order valence-electron chi connectivity index (χ2n) is 7.14. The fraction of sp³-hybridized carbons (Fsp3) is 0.579. The molecule has 2 rings (SSSR count). The monoisotopic (exact) mass is 382 g/mol. The van der Waals surface area contributed by atoms with Crippen molar-refractivity contribution in [2.75, 3.05) is 32.7 Å². The third-order valence-electron chi connectivity index (χ3n) is 4.53. The molecule has 0 aromatic heterocycles. The maximum absolute atomic E-state index is 13.3. The lowest BCUT2D eigenvalue weighted by Crippen LogP contribution is -2.44. The highest BCUT2D eigenvalue weighted by molar-refractivity contribution is 6.31. The molecule has 0 saturated carbocycles. The average Bonchev–Trinajstić information content (AvgIpc) is 3.11. The van der Waals surface area contributed by atoms with Crippen LogP contribution in [-0.2, 0) is 10.2 Å². The van der Waals surface area contributed by atoms with Gasteiger partial charge in [-0.05, 0) is 37.5 Å². The lowest BCUT2D eigenvalue weighted by molar-refractivity contribution is -0.128. The summed E-state index contributed by atoms with van der Waals surface area (Å²) in [5.74, 6) is 0.296. The second kappa shape index (κ2) is 9.21. The van der Waals surface area contributed by atoms with E-state index in [0.29, 0.717) is 24.1 Å². The highest BCUT2D eigenvalue weighted by Gasteiger charge is 2.24. The van der Waals surface area contributed by atoms with Crippen molar-refractivity contribution in [2.45, 2.75) is 39.0 Å². The third kappa shape index (κ3) is 5.59. The van der Waals surface area contributed by atoms with Crippen LogP contribution in [0.3, 0.4) is 0 Å². The highest BCUT2D eigenvalue weighted by Crippen LogP contribution is 2.29. The fourth-order valence-electron chi connectivity index (χ4n) is 2.99. The van der Waals surface area contributed by atoms with Gasteiger partial charge in [0.25, 0.3) is 0 Å². The molecular formula is C19H28ClFN4O. The van der Waals surface area contributed by atoms with Gasteiger partial charge in [-0.2, -0.15) is 0 Å². The van der Waals surface area contributed by atoms with Crippen LogP contribution in [0.1, 0.15) is 39.2 Å². The number of nitrogens with one attached hydrogen (secondary N) is 2. The Morgan fingerprint density at radius 2 is 2.00 bits per heavy atom. The zero-order valence-electron chi connectivity index (χ0n) is 15.7. The standard InChI is InChI=1S/C19H28ClFN4O/c1-4-22-18(23-12-17(26)25-9-5-6-10-25)24-13-19(2,3)15-8-7-14(21)11-16(15)20/h7-8,11H,4-6,9-10,12-13H2,1-3H3,(H2,22,23,24). The molecule has 26 heavy (non-hydrogen) atoms. The Bertz CT molecular complexity index is 657. The summed E-state index contributed by atoms with van der Waals surface area (Å²) in [6.07, 6.45) is 2.14. The quantitative estimate of drug-likeness (QED) is 0.587. The molecule has 1 heterocycles. The summed E-state index contributed by atoms with van der Waals surface area (Å²) in [5.41, 5.74) is 0.525. The number of rotatable bonds is 6.